The third-order valence-corrected chi connectivity index (χ3v) is 9.22. The Morgan fingerprint density at radius 3 is 1.26 bits per heavy atom. The average Bonchev–Trinajstić information content (AvgIpc) is 2.67. The van der Waals surface area contributed by atoms with E-state index in [4.69, 9.17) is 0 Å². The normalized spacial score (nSPS) is 10.8. The number of halogens is 1. The quantitative estimate of drug-likeness (QED) is 0.465. The summed E-state index contributed by atoms with van der Waals surface area (Å²) in [6.07, 6.45) is 2.39. The standard InChI is InChI=1S/C23H27NP.BrH.H3P/c1-24(2)19-12-20-25(21-13-6-3-7-14-21,22-15-8-4-9-16-22)23-17-10-5-11-18-23;;/h3-11,13-18H,12,19-20H2,1-2H3;1H;1H3/q+1;;. The van der Waals surface area contributed by atoms with Crippen molar-refractivity contribution in [2.45, 2.75) is 6.42 Å². The molecule has 1 unspecified atom stereocenters. The van der Waals surface area contributed by atoms with E-state index in [2.05, 4.69) is 110 Å². The van der Waals surface area contributed by atoms with Gasteiger partial charge in [-0.15, -0.1) is 17.0 Å². The molecule has 3 rings (SSSR count). The monoisotopic (exact) mass is 462 g/mol. The minimum atomic E-state index is -1.64. The maximum Gasteiger partial charge on any atom is 0.112 e. The molecular weight excluding hydrogens is 432 g/mol. The van der Waals surface area contributed by atoms with Crippen molar-refractivity contribution < 1.29 is 0 Å². The third-order valence-electron chi connectivity index (χ3n) is 4.69. The van der Waals surface area contributed by atoms with Crippen LogP contribution < -0.4 is 15.9 Å². The Bertz CT molecular complexity index is 667. The fourth-order valence-electron chi connectivity index (χ4n) is 3.51. The summed E-state index contributed by atoms with van der Waals surface area (Å²) in [4.78, 5) is 2.29. The molecule has 3 aromatic carbocycles. The minimum absolute atomic E-state index is 0. The largest absolute Gasteiger partial charge is 0.309 e. The maximum atomic E-state index is 2.32. The van der Waals surface area contributed by atoms with E-state index < -0.39 is 7.26 Å². The van der Waals surface area contributed by atoms with Gasteiger partial charge in [0.25, 0.3) is 0 Å². The molecule has 0 aliphatic rings. The molecule has 0 fully saturated rings. The summed E-state index contributed by atoms with van der Waals surface area (Å²) in [7, 11) is 2.68. The highest BCUT2D eigenvalue weighted by Gasteiger charge is 2.44. The van der Waals surface area contributed by atoms with Crippen molar-refractivity contribution in [1.82, 2.24) is 4.90 Å². The van der Waals surface area contributed by atoms with Crippen LogP contribution in [0.25, 0.3) is 0 Å². The summed E-state index contributed by atoms with van der Waals surface area (Å²) in [5.74, 6) is 0. The van der Waals surface area contributed by atoms with Gasteiger partial charge < -0.3 is 4.90 Å². The number of nitrogens with zero attached hydrogens (tertiary/aromatic N) is 1. The summed E-state index contributed by atoms with van der Waals surface area (Å²) in [5.41, 5.74) is 0. The lowest BCUT2D eigenvalue weighted by molar-refractivity contribution is 0.409. The van der Waals surface area contributed by atoms with Gasteiger partial charge in [-0.1, -0.05) is 54.6 Å². The highest BCUT2D eigenvalue weighted by molar-refractivity contribution is 8.93. The molecule has 0 aliphatic heterocycles. The molecule has 0 N–H and O–H groups in total. The average molecular weight is 463 g/mol. The highest BCUT2D eigenvalue weighted by Crippen LogP contribution is 2.55. The van der Waals surface area contributed by atoms with Crippen LogP contribution in [0, 0.1) is 0 Å². The number of rotatable bonds is 7. The summed E-state index contributed by atoms with van der Waals surface area (Å²) < 4.78 is 0. The summed E-state index contributed by atoms with van der Waals surface area (Å²) in [5, 5.41) is 4.43. The fourth-order valence-corrected chi connectivity index (χ4v) is 7.83. The first-order valence-electron chi connectivity index (χ1n) is 8.93. The second-order valence-electron chi connectivity index (χ2n) is 6.70. The smallest absolute Gasteiger partial charge is 0.112 e. The van der Waals surface area contributed by atoms with Gasteiger partial charge in [-0.05, 0) is 56.9 Å². The van der Waals surface area contributed by atoms with E-state index in [0.717, 1.165) is 6.54 Å². The molecule has 0 heterocycles. The lowest BCUT2D eigenvalue weighted by atomic mass is 10.3. The Hall–Kier alpha value is -1.04. The number of benzene rings is 3. The van der Waals surface area contributed by atoms with E-state index in [9.17, 15) is 0 Å². The molecule has 3 aromatic rings. The first-order valence-corrected chi connectivity index (χ1v) is 10.9. The Morgan fingerprint density at radius 1 is 0.630 bits per heavy atom. The Kier molecular flexibility index (Phi) is 10.4. The van der Waals surface area contributed by atoms with Crippen molar-refractivity contribution in [1.29, 1.82) is 0 Å². The first kappa shape index (κ1) is 24.0. The van der Waals surface area contributed by atoms with E-state index >= 15 is 0 Å². The molecule has 1 nitrogen and oxygen atoms in total. The molecule has 27 heavy (non-hydrogen) atoms. The molecule has 0 bridgehead atoms. The summed E-state index contributed by atoms with van der Waals surface area (Å²) >= 11 is 0. The van der Waals surface area contributed by atoms with Gasteiger partial charge >= 0.3 is 0 Å². The van der Waals surface area contributed by atoms with Gasteiger partial charge in [-0.25, -0.2) is 0 Å². The molecule has 0 amide bonds. The zero-order chi connectivity index (χ0) is 17.5. The minimum Gasteiger partial charge on any atom is -0.309 e. The van der Waals surface area contributed by atoms with Crippen LogP contribution in [0.2, 0.25) is 0 Å². The SMILES string of the molecule is Br.CN(C)CCC[P+](c1ccccc1)(c1ccccc1)c1ccccc1.P. The predicted octanol–water partition coefficient (Wildman–Crippen LogP) is 4.57. The van der Waals surface area contributed by atoms with Gasteiger partial charge in [0.05, 0.1) is 6.16 Å². The topological polar surface area (TPSA) is 3.24 Å². The van der Waals surface area contributed by atoms with Gasteiger partial charge in [0.1, 0.15) is 23.2 Å². The molecule has 144 valence electrons. The number of hydrogen-bond donors (Lipinski definition) is 0. The van der Waals surface area contributed by atoms with Crippen LogP contribution in [0.3, 0.4) is 0 Å². The molecule has 1 atom stereocenters. The van der Waals surface area contributed by atoms with Crippen molar-refractivity contribution >= 4 is 50.1 Å². The maximum absolute atomic E-state index is 2.32. The van der Waals surface area contributed by atoms with Crippen LogP contribution in [-0.2, 0) is 0 Å². The zero-order valence-electron chi connectivity index (χ0n) is 16.3. The van der Waals surface area contributed by atoms with Gasteiger partial charge in [-0.3, -0.25) is 0 Å². The van der Waals surface area contributed by atoms with Crippen molar-refractivity contribution in [2.75, 3.05) is 26.8 Å². The lowest BCUT2D eigenvalue weighted by Gasteiger charge is -2.28. The predicted molar refractivity (Wildman–Crippen MR) is 135 cm³/mol. The lowest BCUT2D eigenvalue weighted by Crippen LogP contribution is -2.34. The Balaban J connectivity index is 0.00000182. The molecule has 0 saturated heterocycles. The summed E-state index contributed by atoms with van der Waals surface area (Å²) in [6, 6.07) is 33.4. The van der Waals surface area contributed by atoms with E-state index in [0.29, 0.717) is 0 Å². The van der Waals surface area contributed by atoms with Crippen molar-refractivity contribution in [3.63, 3.8) is 0 Å². The van der Waals surface area contributed by atoms with Crippen molar-refractivity contribution in [3.8, 4) is 0 Å². The molecular formula is C23H31BrNP2+. The van der Waals surface area contributed by atoms with Crippen LogP contribution in [0.5, 0.6) is 0 Å². The van der Waals surface area contributed by atoms with Crippen LogP contribution in [0.1, 0.15) is 6.42 Å². The molecule has 0 saturated carbocycles. The fraction of sp³-hybridized carbons (Fsp3) is 0.217. The Morgan fingerprint density at radius 2 is 0.963 bits per heavy atom. The zero-order valence-corrected chi connectivity index (χ0v) is 20.3. The van der Waals surface area contributed by atoms with Crippen molar-refractivity contribution in [3.05, 3.63) is 91.0 Å². The third kappa shape index (κ3) is 5.72. The van der Waals surface area contributed by atoms with Gasteiger partial charge in [0.15, 0.2) is 0 Å². The van der Waals surface area contributed by atoms with Gasteiger partial charge in [-0.2, -0.15) is 9.90 Å². The van der Waals surface area contributed by atoms with E-state index in [1.54, 1.807) is 0 Å². The second kappa shape index (κ2) is 11.7. The number of hydrogen-bond acceptors (Lipinski definition) is 1. The molecule has 0 radical (unpaired) electrons. The van der Waals surface area contributed by atoms with E-state index in [1.165, 1.54) is 28.5 Å². The van der Waals surface area contributed by atoms with Crippen LogP contribution in [-0.4, -0.2) is 31.7 Å². The van der Waals surface area contributed by atoms with Crippen LogP contribution in [0.4, 0.5) is 0 Å². The summed E-state index contributed by atoms with van der Waals surface area (Å²) in [6.45, 7) is 1.12. The second-order valence-corrected chi connectivity index (χ2v) is 10.3. The van der Waals surface area contributed by atoms with Gasteiger partial charge in [0.2, 0.25) is 0 Å². The van der Waals surface area contributed by atoms with E-state index in [1.807, 2.05) is 0 Å². The van der Waals surface area contributed by atoms with Crippen molar-refractivity contribution in [2.24, 2.45) is 0 Å². The first-order chi connectivity index (χ1) is 12.2. The van der Waals surface area contributed by atoms with Gasteiger partial charge in [0, 0.05) is 6.54 Å². The Labute approximate surface area is 178 Å². The van der Waals surface area contributed by atoms with Crippen LogP contribution >= 0.6 is 34.1 Å². The van der Waals surface area contributed by atoms with E-state index in [-0.39, 0.29) is 26.9 Å². The highest BCUT2D eigenvalue weighted by atomic mass is 79.9. The molecule has 0 aromatic heterocycles. The molecule has 0 aliphatic carbocycles. The molecule has 4 heteroatoms. The van der Waals surface area contributed by atoms with Crippen LogP contribution in [0.15, 0.2) is 91.0 Å². The molecule has 0 spiro atoms.